The number of rotatable bonds is 1. The second-order valence-electron chi connectivity index (χ2n) is 3.10. The number of hydrogen-bond acceptors (Lipinski definition) is 2. The molecule has 1 nitrogen and oxygen atoms in total. The molecule has 1 heterocycles. The van der Waals surface area contributed by atoms with E-state index in [4.69, 9.17) is 0 Å². The van der Waals surface area contributed by atoms with Crippen molar-refractivity contribution in [3.05, 3.63) is 0 Å². The normalized spacial score (nSPS) is 19.8. The highest BCUT2D eigenvalue weighted by Gasteiger charge is 2.10. The van der Waals surface area contributed by atoms with Crippen LogP contribution in [0.1, 0.15) is 34.1 Å². The van der Waals surface area contributed by atoms with E-state index in [0.29, 0.717) is 0 Å². The minimum atomic E-state index is 0.749. The molecule has 0 amide bonds. The summed E-state index contributed by atoms with van der Waals surface area (Å²) in [5.41, 5.74) is 0. The van der Waals surface area contributed by atoms with E-state index in [1.54, 1.807) is 0 Å². The Morgan fingerprint density at radius 2 is 1.75 bits per heavy atom. The van der Waals surface area contributed by atoms with Gasteiger partial charge in [0.25, 0.3) is 0 Å². The Labute approximate surface area is 81.9 Å². The van der Waals surface area contributed by atoms with Crippen molar-refractivity contribution in [3.8, 4) is 0 Å². The predicted octanol–water partition coefficient (Wildman–Crippen LogP) is 2.86. The van der Waals surface area contributed by atoms with Crippen LogP contribution in [0.4, 0.5) is 0 Å². The Bertz CT molecular complexity index is 85.8. The van der Waals surface area contributed by atoms with Gasteiger partial charge in [0.15, 0.2) is 0 Å². The van der Waals surface area contributed by atoms with Crippen LogP contribution in [0.2, 0.25) is 0 Å². The average molecular weight is 189 g/mol. The van der Waals surface area contributed by atoms with E-state index in [1.807, 2.05) is 13.8 Å². The standard InChI is InChI=1S/C8H17NS.C2H6/c1-8(2)9-4-3-6-10-7-5-9;1-2/h8H,3-7H2,1-2H3;1-2H3. The van der Waals surface area contributed by atoms with E-state index in [-0.39, 0.29) is 0 Å². The van der Waals surface area contributed by atoms with Crippen LogP contribution >= 0.6 is 11.8 Å². The number of hydrogen-bond donors (Lipinski definition) is 0. The van der Waals surface area contributed by atoms with Crippen LogP contribution in [-0.4, -0.2) is 35.5 Å². The van der Waals surface area contributed by atoms with Gasteiger partial charge in [0.05, 0.1) is 0 Å². The van der Waals surface area contributed by atoms with Crippen molar-refractivity contribution in [2.24, 2.45) is 0 Å². The smallest absolute Gasteiger partial charge is 0.00750 e. The van der Waals surface area contributed by atoms with Crippen molar-refractivity contribution in [2.75, 3.05) is 24.6 Å². The van der Waals surface area contributed by atoms with Crippen LogP contribution in [0.15, 0.2) is 0 Å². The van der Waals surface area contributed by atoms with Gasteiger partial charge in [-0.05, 0) is 32.6 Å². The van der Waals surface area contributed by atoms with Gasteiger partial charge in [-0.3, -0.25) is 0 Å². The minimum absolute atomic E-state index is 0.749. The highest BCUT2D eigenvalue weighted by Crippen LogP contribution is 2.11. The van der Waals surface area contributed by atoms with Crippen LogP contribution in [-0.2, 0) is 0 Å². The van der Waals surface area contributed by atoms with E-state index in [1.165, 1.54) is 31.0 Å². The Hall–Kier alpha value is 0.310. The molecule has 0 aromatic carbocycles. The number of thioether (sulfide) groups is 1. The molecule has 0 N–H and O–H groups in total. The van der Waals surface area contributed by atoms with Gasteiger partial charge < -0.3 is 4.90 Å². The zero-order valence-corrected chi connectivity index (χ0v) is 9.78. The third-order valence-electron chi connectivity index (χ3n) is 1.99. The Balaban J connectivity index is 0.000000561. The lowest BCUT2D eigenvalue weighted by molar-refractivity contribution is 0.240. The maximum absolute atomic E-state index is 2.57. The second kappa shape index (κ2) is 7.93. The van der Waals surface area contributed by atoms with Crippen molar-refractivity contribution in [2.45, 2.75) is 40.2 Å². The fourth-order valence-electron chi connectivity index (χ4n) is 1.28. The molecule has 0 radical (unpaired) electrons. The first-order valence-electron chi connectivity index (χ1n) is 5.12. The number of nitrogens with zero attached hydrogens (tertiary/aromatic N) is 1. The Kier molecular flexibility index (Phi) is 8.14. The van der Waals surface area contributed by atoms with Gasteiger partial charge in [-0.25, -0.2) is 0 Å². The molecule has 0 aromatic rings. The topological polar surface area (TPSA) is 3.24 Å². The summed E-state index contributed by atoms with van der Waals surface area (Å²) in [6.45, 7) is 11.2. The van der Waals surface area contributed by atoms with Crippen molar-refractivity contribution in [3.63, 3.8) is 0 Å². The maximum Gasteiger partial charge on any atom is 0.00750 e. The fourth-order valence-corrected chi connectivity index (χ4v) is 2.18. The largest absolute Gasteiger partial charge is 0.300 e. The molecular formula is C10H23NS. The second-order valence-corrected chi connectivity index (χ2v) is 4.32. The van der Waals surface area contributed by atoms with Crippen molar-refractivity contribution >= 4 is 11.8 Å². The van der Waals surface area contributed by atoms with Gasteiger partial charge in [0.2, 0.25) is 0 Å². The summed E-state index contributed by atoms with van der Waals surface area (Å²) in [7, 11) is 0. The monoisotopic (exact) mass is 189 g/mol. The highest BCUT2D eigenvalue weighted by atomic mass is 32.2. The summed E-state index contributed by atoms with van der Waals surface area (Å²) in [6, 6.07) is 0.749. The summed E-state index contributed by atoms with van der Waals surface area (Å²) in [4.78, 5) is 2.57. The van der Waals surface area contributed by atoms with Gasteiger partial charge in [-0.15, -0.1) is 0 Å². The summed E-state index contributed by atoms with van der Waals surface area (Å²) < 4.78 is 0. The van der Waals surface area contributed by atoms with E-state index in [0.717, 1.165) is 6.04 Å². The van der Waals surface area contributed by atoms with Crippen LogP contribution in [0, 0.1) is 0 Å². The SMILES string of the molecule is CC.CC(C)N1CCCSCC1. The molecule has 12 heavy (non-hydrogen) atoms. The maximum atomic E-state index is 2.57. The summed E-state index contributed by atoms with van der Waals surface area (Å²) in [6.07, 6.45) is 1.38. The molecule has 1 aliphatic rings. The van der Waals surface area contributed by atoms with E-state index in [9.17, 15) is 0 Å². The lowest BCUT2D eigenvalue weighted by Crippen LogP contribution is -2.32. The molecule has 0 spiro atoms. The van der Waals surface area contributed by atoms with Gasteiger partial charge in [-0.2, -0.15) is 11.8 Å². The molecule has 2 heteroatoms. The van der Waals surface area contributed by atoms with E-state index in [2.05, 4.69) is 30.5 Å². The highest BCUT2D eigenvalue weighted by molar-refractivity contribution is 7.99. The first-order valence-corrected chi connectivity index (χ1v) is 6.28. The van der Waals surface area contributed by atoms with Crippen LogP contribution in [0.25, 0.3) is 0 Å². The van der Waals surface area contributed by atoms with Gasteiger partial charge in [0.1, 0.15) is 0 Å². The van der Waals surface area contributed by atoms with E-state index < -0.39 is 0 Å². The molecular weight excluding hydrogens is 166 g/mol. The molecule has 0 aliphatic carbocycles. The van der Waals surface area contributed by atoms with Gasteiger partial charge in [-0.1, -0.05) is 13.8 Å². The molecule has 0 bridgehead atoms. The van der Waals surface area contributed by atoms with Gasteiger partial charge in [0, 0.05) is 18.3 Å². The first kappa shape index (κ1) is 12.3. The first-order chi connectivity index (χ1) is 5.80. The molecule has 1 aliphatic heterocycles. The Morgan fingerprint density at radius 3 is 2.33 bits per heavy atom. The van der Waals surface area contributed by atoms with Crippen molar-refractivity contribution in [1.29, 1.82) is 0 Å². The Morgan fingerprint density at radius 1 is 1.08 bits per heavy atom. The minimum Gasteiger partial charge on any atom is -0.300 e. The van der Waals surface area contributed by atoms with Crippen LogP contribution in [0.3, 0.4) is 0 Å². The third-order valence-corrected chi connectivity index (χ3v) is 3.04. The molecule has 0 saturated carbocycles. The zero-order chi connectivity index (χ0) is 9.40. The molecule has 0 unspecified atom stereocenters. The summed E-state index contributed by atoms with van der Waals surface area (Å²) in [5.74, 6) is 2.70. The van der Waals surface area contributed by atoms with E-state index >= 15 is 0 Å². The summed E-state index contributed by atoms with van der Waals surface area (Å²) >= 11 is 2.10. The molecule has 1 rings (SSSR count). The quantitative estimate of drug-likeness (QED) is 0.624. The average Bonchev–Trinajstić information content (AvgIpc) is 2.35. The van der Waals surface area contributed by atoms with Gasteiger partial charge >= 0.3 is 0 Å². The van der Waals surface area contributed by atoms with Crippen molar-refractivity contribution in [1.82, 2.24) is 4.90 Å². The molecule has 0 atom stereocenters. The lowest BCUT2D eigenvalue weighted by Gasteiger charge is -2.23. The molecule has 1 saturated heterocycles. The fraction of sp³-hybridized carbons (Fsp3) is 1.00. The van der Waals surface area contributed by atoms with Crippen LogP contribution in [0.5, 0.6) is 0 Å². The lowest BCUT2D eigenvalue weighted by atomic mass is 10.3. The third kappa shape index (κ3) is 5.04. The molecule has 74 valence electrons. The summed E-state index contributed by atoms with van der Waals surface area (Å²) in [5, 5.41) is 0. The van der Waals surface area contributed by atoms with Crippen LogP contribution < -0.4 is 0 Å². The van der Waals surface area contributed by atoms with Crippen molar-refractivity contribution < 1.29 is 0 Å². The molecule has 0 aromatic heterocycles. The zero-order valence-electron chi connectivity index (χ0n) is 8.97. The molecule has 1 fully saturated rings. The predicted molar refractivity (Wildman–Crippen MR) is 60.0 cm³/mol.